The Balaban J connectivity index is 1.08. The second kappa shape index (κ2) is 15.8. The van der Waals surface area contributed by atoms with E-state index in [1.807, 2.05) is 0 Å². The predicted molar refractivity (Wildman–Crippen MR) is 336 cm³/mol. The topological polar surface area (TPSA) is 0 Å². The van der Waals surface area contributed by atoms with Gasteiger partial charge in [-0.25, -0.2) is 0 Å². The molecule has 14 rings (SSSR count). The molecule has 0 saturated carbocycles. The Labute approximate surface area is 456 Å². The molecular weight excluding hydrogens is 925 g/mol. The van der Waals surface area contributed by atoms with E-state index >= 15 is 0 Å². The summed E-state index contributed by atoms with van der Waals surface area (Å²) in [6.07, 6.45) is 0. The highest BCUT2D eigenvalue weighted by atomic mass is 14.4. The summed E-state index contributed by atoms with van der Waals surface area (Å²) in [6, 6.07) is 67.1. The van der Waals surface area contributed by atoms with Crippen LogP contribution in [0.3, 0.4) is 0 Å². The normalized spacial score (nSPS) is 14.2. The van der Waals surface area contributed by atoms with Gasteiger partial charge in [0.2, 0.25) is 0 Å². The van der Waals surface area contributed by atoms with E-state index < -0.39 is 0 Å². The SMILES string of the molecule is CC(C)(C)c1cc(-c2c3ccccc3c(-c3cc(C(C)(C)C)cc(C(C)(C)C)c3)c3cc4c(cc23)-c2ccc3c5cccc6c7c(cc(c8ccc-4c2c38)c65)C(C)(C)c2cc(-c3ccccc3)ccc2-7)cc(C(C)(C)C)c1. The van der Waals surface area contributed by atoms with Gasteiger partial charge in [0.05, 0.1) is 0 Å². The second-order valence-corrected chi connectivity index (χ2v) is 27.7. The molecule has 12 aromatic rings. The Morgan fingerprint density at radius 3 is 1.19 bits per heavy atom. The molecule has 378 valence electrons. The van der Waals surface area contributed by atoms with E-state index in [1.165, 1.54) is 165 Å². The van der Waals surface area contributed by atoms with E-state index in [0.717, 1.165) is 0 Å². The third kappa shape index (κ3) is 6.96. The molecule has 0 atom stereocenters. The van der Waals surface area contributed by atoms with Crippen molar-refractivity contribution >= 4 is 64.6 Å². The van der Waals surface area contributed by atoms with E-state index in [1.54, 1.807) is 0 Å². The molecule has 0 heterocycles. The first-order valence-corrected chi connectivity index (χ1v) is 28.2. The third-order valence-corrected chi connectivity index (χ3v) is 18.3. The van der Waals surface area contributed by atoms with Gasteiger partial charge in [-0.3, -0.25) is 0 Å². The van der Waals surface area contributed by atoms with Crippen LogP contribution >= 0.6 is 0 Å². The summed E-state index contributed by atoms with van der Waals surface area (Å²) in [5, 5.41) is 16.1. The Morgan fingerprint density at radius 2 is 0.688 bits per heavy atom. The Kier molecular flexibility index (Phi) is 9.82. The van der Waals surface area contributed by atoms with Crippen molar-refractivity contribution < 1.29 is 0 Å². The lowest BCUT2D eigenvalue weighted by atomic mass is 9.76. The zero-order chi connectivity index (χ0) is 53.6. The van der Waals surface area contributed by atoms with Gasteiger partial charge < -0.3 is 0 Å². The van der Waals surface area contributed by atoms with Gasteiger partial charge in [0.25, 0.3) is 0 Å². The van der Waals surface area contributed by atoms with Crippen LogP contribution in [0.5, 0.6) is 0 Å². The van der Waals surface area contributed by atoms with Gasteiger partial charge >= 0.3 is 0 Å². The summed E-state index contributed by atoms with van der Waals surface area (Å²) >= 11 is 0. The smallest absolute Gasteiger partial charge is 0.0159 e. The summed E-state index contributed by atoms with van der Waals surface area (Å²) in [6.45, 7) is 33.2. The van der Waals surface area contributed by atoms with Crippen molar-refractivity contribution in [3.05, 3.63) is 203 Å². The van der Waals surface area contributed by atoms with E-state index in [-0.39, 0.29) is 27.1 Å². The predicted octanol–water partition coefficient (Wildman–Crippen LogP) is 22.2. The third-order valence-electron chi connectivity index (χ3n) is 18.3. The standard InChI is InChI=1S/C77H70/c1-73(2,3)47-33-45(34-48(38-47)74(4,5)6)67-51-23-18-19-24-52(51)68(46-35-49(75(7,8)9)39-50(36-46)76(10,11)12)63-41-61-56-31-32-57-64-42-66-70(58-28-27-44(37-65(58)77(66,13)14)43-21-16-15-17-22-43)59-26-20-25-53(69(59)64)54-29-30-55(72(56)71(54)57)60(61)40-62(63)67/h15-42H,1-14H3. The average molecular weight is 995 g/mol. The fourth-order valence-corrected chi connectivity index (χ4v) is 13.9. The molecule has 0 aliphatic heterocycles. The molecule has 0 nitrogen and oxygen atoms in total. The molecule has 0 spiro atoms. The van der Waals surface area contributed by atoms with Crippen LogP contribution in [0.2, 0.25) is 0 Å². The summed E-state index contributed by atoms with van der Waals surface area (Å²) in [5.74, 6) is 0. The molecule has 2 aliphatic carbocycles. The van der Waals surface area contributed by atoms with Crippen LogP contribution in [-0.2, 0) is 27.1 Å². The van der Waals surface area contributed by atoms with Crippen molar-refractivity contribution in [1.29, 1.82) is 0 Å². The van der Waals surface area contributed by atoms with Gasteiger partial charge in [-0.15, -0.1) is 0 Å². The van der Waals surface area contributed by atoms with Gasteiger partial charge in [-0.05, 0) is 211 Å². The summed E-state index contributed by atoms with van der Waals surface area (Å²) in [7, 11) is 0. The number of rotatable bonds is 3. The van der Waals surface area contributed by atoms with Crippen LogP contribution in [0.15, 0.2) is 170 Å². The fraction of sp³-hybridized carbons (Fsp3) is 0.247. The molecule has 2 aliphatic rings. The van der Waals surface area contributed by atoms with Crippen LogP contribution in [0.25, 0.3) is 131 Å². The number of hydrogen-bond acceptors (Lipinski definition) is 0. The van der Waals surface area contributed by atoms with Crippen LogP contribution in [-0.4, -0.2) is 0 Å². The van der Waals surface area contributed by atoms with Gasteiger partial charge in [0, 0.05) is 5.41 Å². The molecule has 0 saturated heterocycles. The van der Waals surface area contributed by atoms with E-state index in [0.29, 0.717) is 0 Å². The molecule has 0 unspecified atom stereocenters. The summed E-state index contributed by atoms with van der Waals surface area (Å²) in [5.41, 5.74) is 23.8. The molecule has 0 radical (unpaired) electrons. The fourth-order valence-electron chi connectivity index (χ4n) is 13.9. The monoisotopic (exact) mass is 995 g/mol. The van der Waals surface area contributed by atoms with E-state index in [4.69, 9.17) is 0 Å². The van der Waals surface area contributed by atoms with Crippen molar-refractivity contribution in [2.24, 2.45) is 0 Å². The molecule has 12 aromatic carbocycles. The molecular formula is C77H70. The van der Waals surface area contributed by atoms with Crippen LogP contribution in [0, 0.1) is 0 Å². The van der Waals surface area contributed by atoms with Crippen molar-refractivity contribution in [2.75, 3.05) is 0 Å². The lowest BCUT2D eigenvalue weighted by molar-refractivity contribution is 0.568. The Morgan fingerprint density at radius 1 is 0.247 bits per heavy atom. The van der Waals surface area contributed by atoms with E-state index in [2.05, 4.69) is 267 Å². The lowest BCUT2D eigenvalue weighted by Gasteiger charge is -2.28. The molecule has 0 bridgehead atoms. The summed E-state index contributed by atoms with van der Waals surface area (Å²) < 4.78 is 0. The highest BCUT2D eigenvalue weighted by molar-refractivity contribution is 6.39. The van der Waals surface area contributed by atoms with Crippen LogP contribution in [0.4, 0.5) is 0 Å². The van der Waals surface area contributed by atoms with Gasteiger partial charge in [0.1, 0.15) is 0 Å². The molecule has 0 amide bonds. The Bertz CT molecular complexity index is 4310. The minimum atomic E-state index is -0.180. The largest absolute Gasteiger partial charge is 0.0622 e. The highest BCUT2D eigenvalue weighted by Gasteiger charge is 2.38. The van der Waals surface area contributed by atoms with Crippen LogP contribution in [0.1, 0.15) is 130 Å². The number of fused-ring (bicyclic) bond motifs is 11. The maximum absolute atomic E-state index is 2.61. The zero-order valence-corrected chi connectivity index (χ0v) is 47.7. The first-order chi connectivity index (χ1) is 36.5. The first kappa shape index (κ1) is 47.9. The van der Waals surface area contributed by atoms with Crippen molar-refractivity contribution in [3.63, 3.8) is 0 Å². The van der Waals surface area contributed by atoms with Crippen molar-refractivity contribution in [2.45, 2.75) is 124 Å². The number of hydrogen-bond donors (Lipinski definition) is 0. The lowest BCUT2D eigenvalue weighted by Crippen LogP contribution is -2.16. The minimum absolute atomic E-state index is 0.0358. The molecule has 0 heteroatoms. The van der Waals surface area contributed by atoms with Gasteiger partial charge in [-0.2, -0.15) is 0 Å². The average Bonchev–Trinajstić information content (AvgIpc) is 3.79. The Hall–Kier alpha value is -7.54. The molecule has 0 aromatic heterocycles. The maximum atomic E-state index is 2.61. The minimum Gasteiger partial charge on any atom is -0.0622 e. The molecule has 0 fully saturated rings. The number of benzene rings is 12. The molecule has 0 N–H and O–H groups in total. The maximum Gasteiger partial charge on any atom is 0.0159 e. The second-order valence-electron chi connectivity index (χ2n) is 27.7. The quantitative estimate of drug-likeness (QED) is 0.122. The van der Waals surface area contributed by atoms with Crippen LogP contribution < -0.4 is 0 Å². The van der Waals surface area contributed by atoms with Gasteiger partial charge in [0.15, 0.2) is 0 Å². The van der Waals surface area contributed by atoms with Crippen molar-refractivity contribution in [1.82, 2.24) is 0 Å². The first-order valence-electron chi connectivity index (χ1n) is 28.2. The zero-order valence-electron chi connectivity index (χ0n) is 47.7. The summed E-state index contributed by atoms with van der Waals surface area (Å²) in [4.78, 5) is 0. The van der Waals surface area contributed by atoms with Gasteiger partial charge in [-0.1, -0.05) is 243 Å². The van der Waals surface area contributed by atoms with Crippen molar-refractivity contribution in [3.8, 4) is 66.8 Å². The molecule has 77 heavy (non-hydrogen) atoms. The van der Waals surface area contributed by atoms with E-state index in [9.17, 15) is 0 Å². The highest BCUT2D eigenvalue weighted by Crippen LogP contribution is 2.59.